The van der Waals surface area contributed by atoms with Crippen molar-refractivity contribution < 1.29 is 17.1 Å². The van der Waals surface area contributed by atoms with E-state index in [0.29, 0.717) is 25.0 Å². The molecular weight excluding hydrogens is 276 g/mol. The average molecular weight is 313 g/mol. The molecule has 0 saturated carbocycles. The SMILES string of the molecule is CCCCC(CC)COC(=O)OCC(CC)CCCC.[H-].[H-].[Mg+2]. The first-order valence-corrected chi connectivity index (χ1v) is 8.47. The molecule has 0 aromatic heterocycles. The Bertz CT molecular complexity index is 222. The van der Waals surface area contributed by atoms with Crippen LogP contribution in [0.1, 0.15) is 81.9 Å². The third-order valence-corrected chi connectivity index (χ3v) is 3.96. The number of rotatable bonds is 12. The Hall–Kier alpha value is 0.0362. The first kappa shape index (κ1) is 23.3. The summed E-state index contributed by atoms with van der Waals surface area (Å²) in [7, 11) is 0. The van der Waals surface area contributed by atoms with Crippen molar-refractivity contribution >= 4 is 29.2 Å². The van der Waals surface area contributed by atoms with Crippen LogP contribution < -0.4 is 0 Å². The number of hydrogen-bond acceptors (Lipinski definition) is 3. The van der Waals surface area contributed by atoms with Crippen molar-refractivity contribution in [3.8, 4) is 0 Å². The molecule has 21 heavy (non-hydrogen) atoms. The van der Waals surface area contributed by atoms with Crippen LogP contribution in [0.5, 0.6) is 0 Å². The molecule has 0 fully saturated rings. The molecule has 0 heterocycles. The van der Waals surface area contributed by atoms with Crippen molar-refractivity contribution in [2.45, 2.75) is 79.1 Å². The molecule has 0 N–H and O–H groups in total. The molecule has 0 aliphatic carbocycles. The van der Waals surface area contributed by atoms with Crippen molar-refractivity contribution in [3.05, 3.63) is 0 Å². The predicted molar refractivity (Wildman–Crippen MR) is 91.9 cm³/mol. The van der Waals surface area contributed by atoms with E-state index in [2.05, 4.69) is 27.7 Å². The summed E-state index contributed by atoms with van der Waals surface area (Å²) in [6.45, 7) is 9.66. The molecule has 0 saturated heterocycles. The van der Waals surface area contributed by atoms with Gasteiger partial charge in [0, 0.05) is 0 Å². The van der Waals surface area contributed by atoms with E-state index < -0.39 is 6.16 Å². The van der Waals surface area contributed by atoms with Crippen LogP contribution in [-0.2, 0) is 9.47 Å². The molecule has 124 valence electrons. The van der Waals surface area contributed by atoms with Gasteiger partial charge in [-0.2, -0.15) is 0 Å². The van der Waals surface area contributed by atoms with Crippen LogP contribution in [0.25, 0.3) is 0 Å². The summed E-state index contributed by atoms with van der Waals surface area (Å²) in [6.07, 6.45) is 8.67. The topological polar surface area (TPSA) is 35.5 Å². The molecule has 0 aromatic carbocycles. The molecule has 3 nitrogen and oxygen atoms in total. The fourth-order valence-electron chi connectivity index (χ4n) is 2.21. The maximum Gasteiger partial charge on any atom is 2.00 e. The summed E-state index contributed by atoms with van der Waals surface area (Å²) in [4.78, 5) is 11.6. The van der Waals surface area contributed by atoms with Crippen molar-refractivity contribution in [3.63, 3.8) is 0 Å². The standard InChI is InChI=1S/C17H34O3.Mg.2H/c1-5-9-11-15(7-3)13-19-17(18)20-14-16(8-4)12-10-6-2;;;/h15-16H,5-14H2,1-4H3;;;/q;+2;2*-1. The van der Waals surface area contributed by atoms with Crippen LogP contribution in [0, 0.1) is 11.8 Å². The molecule has 0 amide bonds. The molecule has 0 aromatic rings. The van der Waals surface area contributed by atoms with E-state index in [1.165, 1.54) is 25.7 Å². The number of carbonyl (C=O) groups excluding carboxylic acids is 1. The van der Waals surface area contributed by atoms with Gasteiger partial charge in [-0.15, -0.1) is 0 Å². The van der Waals surface area contributed by atoms with Crippen molar-refractivity contribution in [2.75, 3.05) is 13.2 Å². The fourth-order valence-corrected chi connectivity index (χ4v) is 2.21. The normalized spacial score (nSPS) is 13.1. The first-order valence-electron chi connectivity index (χ1n) is 8.47. The zero-order chi connectivity index (χ0) is 15.2. The van der Waals surface area contributed by atoms with Crippen LogP contribution in [0.2, 0.25) is 0 Å². The van der Waals surface area contributed by atoms with E-state index in [1.54, 1.807) is 0 Å². The molecule has 0 bridgehead atoms. The average Bonchev–Trinajstić information content (AvgIpc) is 2.47. The minimum absolute atomic E-state index is 0. The quantitative estimate of drug-likeness (QED) is 0.357. The predicted octanol–water partition coefficient (Wildman–Crippen LogP) is 5.42. The van der Waals surface area contributed by atoms with E-state index in [4.69, 9.17) is 9.47 Å². The summed E-state index contributed by atoms with van der Waals surface area (Å²) >= 11 is 0. The zero-order valence-corrected chi connectivity index (χ0v) is 16.1. The minimum Gasteiger partial charge on any atom is -1.00 e. The van der Waals surface area contributed by atoms with Crippen LogP contribution in [-0.4, -0.2) is 42.4 Å². The maximum atomic E-state index is 11.6. The van der Waals surface area contributed by atoms with E-state index in [0.717, 1.165) is 25.7 Å². The van der Waals surface area contributed by atoms with Gasteiger partial charge in [0.2, 0.25) is 0 Å². The summed E-state index contributed by atoms with van der Waals surface area (Å²) in [5.41, 5.74) is 0. The van der Waals surface area contributed by atoms with E-state index >= 15 is 0 Å². The third kappa shape index (κ3) is 13.4. The molecule has 0 rings (SSSR count). The first-order chi connectivity index (χ1) is 9.67. The Labute approximate surface area is 150 Å². The Morgan fingerprint density at radius 1 is 0.857 bits per heavy atom. The fraction of sp³-hybridized carbons (Fsp3) is 0.941. The molecule has 2 atom stereocenters. The summed E-state index contributed by atoms with van der Waals surface area (Å²) < 4.78 is 10.5. The van der Waals surface area contributed by atoms with Gasteiger partial charge in [-0.05, 0) is 24.7 Å². The third-order valence-electron chi connectivity index (χ3n) is 3.96. The van der Waals surface area contributed by atoms with E-state index in [1.807, 2.05) is 0 Å². The maximum absolute atomic E-state index is 11.6. The summed E-state index contributed by atoms with van der Waals surface area (Å²) in [6, 6.07) is 0. The molecule has 0 aliphatic rings. The monoisotopic (exact) mass is 312 g/mol. The molecule has 4 heteroatoms. The van der Waals surface area contributed by atoms with Gasteiger partial charge in [-0.1, -0.05) is 66.2 Å². The minimum atomic E-state index is -0.491. The number of unbranched alkanes of at least 4 members (excludes halogenated alkanes) is 2. The van der Waals surface area contributed by atoms with Gasteiger partial charge < -0.3 is 12.3 Å². The molecule has 0 aliphatic heterocycles. The summed E-state index contributed by atoms with van der Waals surface area (Å²) in [5.74, 6) is 0.953. The summed E-state index contributed by atoms with van der Waals surface area (Å²) in [5, 5.41) is 0. The Balaban J connectivity index is -0.000000602. The van der Waals surface area contributed by atoms with Gasteiger partial charge >= 0.3 is 29.2 Å². The molecular formula is C17H36MgO3. The Kier molecular flexibility index (Phi) is 18.2. The number of ether oxygens (including phenoxy) is 2. The van der Waals surface area contributed by atoms with E-state index in [-0.39, 0.29) is 25.9 Å². The second kappa shape index (κ2) is 16.4. The van der Waals surface area contributed by atoms with Gasteiger partial charge in [0.05, 0.1) is 13.2 Å². The van der Waals surface area contributed by atoms with Crippen molar-refractivity contribution in [1.82, 2.24) is 0 Å². The van der Waals surface area contributed by atoms with Crippen molar-refractivity contribution in [1.29, 1.82) is 0 Å². The smallest absolute Gasteiger partial charge is 1.00 e. The Morgan fingerprint density at radius 3 is 1.52 bits per heavy atom. The van der Waals surface area contributed by atoms with Gasteiger partial charge in [-0.25, -0.2) is 4.79 Å². The second-order valence-corrected chi connectivity index (χ2v) is 5.71. The van der Waals surface area contributed by atoms with Crippen molar-refractivity contribution in [2.24, 2.45) is 11.8 Å². The van der Waals surface area contributed by atoms with Gasteiger partial charge in [0.25, 0.3) is 0 Å². The number of carbonyl (C=O) groups is 1. The van der Waals surface area contributed by atoms with Gasteiger partial charge in [0.1, 0.15) is 0 Å². The molecule has 0 spiro atoms. The van der Waals surface area contributed by atoms with Crippen LogP contribution in [0.15, 0.2) is 0 Å². The van der Waals surface area contributed by atoms with Gasteiger partial charge in [-0.3, -0.25) is 0 Å². The largest absolute Gasteiger partial charge is 2.00 e. The van der Waals surface area contributed by atoms with Crippen LogP contribution in [0.4, 0.5) is 4.79 Å². The zero-order valence-electron chi connectivity index (χ0n) is 16.7. The second-order valence-electron chi connectivity index (χ2n) is 5.71. The molecule has 0 radical (unpaired) electrons. The van der Waals surface area contributed by atoms with Crippen LogP contribution >= 0.6 is 0 Å². The molecule has 2 unspecified atom stereocenters. The van der Waals surface area contributed by atoms with Gasteiger partial charge in [0.15, 0.2) is 0 Å². The number of hydrogen-bond donors (Lipinski definition) is 0. The van der Waals surface area contributed by atoms with Crippen LogP contribution in [0.3, 0.4) is 0 Å². The van der Waals surface area contributed by atoms with E-state index in [9.17, 15) is 4.79 Å². The Morgan fingerprint density at radius 2 is 1.24 bits per heavy atom.